The zero-order chi connectivity index (χ0) is 13.4. The molecule has 2 bridgehead atoms. The zero-order valence-electron chi connectivity index (χ0n) is 10.6. The van der Waals surface area contributed by atoms with E-state index >= 15 is 0 Å². The van der Waals surface area contributed by atoms with Crippen LogP contribution < -0.4 is 10.6 Å². The Hall–Kier alpha value is -1.82. The molecule has 6 nitrogen and oxygen atoms in total. The average molecular weight is 262 g/mol. The summed E-state index contributed by atoms with van der Waals surface area (Å²) in [5, 5.41) is 21.5. The number of aromatic nitrogens is 1. The fraction of sp³-hybridized carbons (Fsp3) is 0.538. The molecule has 0 spiro atoms. The summed E-state index contributed by atoms with van der Waals surface area (Å²) in [6.45, 7) is 0. The number of anilines is 1. The highest BCUT2D eigenvalue weighted by atomic mass is 16.4. The van der Waals surface area contributed by atoms with Gasteiger partial charge in [0.15, 0.2) is 5.84 Å². The molecule has 2 saturated heterocycles. The summed E-state index contributed by atoms with van der Waals surface area (Å²) < 4.78 is 0. The smallest absolute Gasteiger partial charge is 0.188 e. The zero-order valence-corrected chi connectivity index (χ0v) is 10.6. The summed E-state index contributed by atoms with van der Waals surface area (Å²) in [5.74, 6) is 0.870. The third kappa shape index (κ3) is 2.12. The lowest BCUT2D eigenvalue weighted by Crippen LogP contribution is -2.45. The van der Waals surface area contributed by atoms with Gasteiger partial charge in [0.05, 0.1) is 6.10 Å². The van der Waals surface area contributed by atoms with E-state index in [9.17, 15) is 5.11 Å². The van der Waals surface area contributed by atoms with Gasteiger partial charge >= 0.3 is 0 Å². The first-order valence-corrected chi connectivity index (χ1v) is 6.60. The van der Waals surface area contributed by atoms with Gasteiger partial charge in [0.2, 0.25) is 0 Å². The van der Waals surface area contributed by atoms with Crippen LogP contribution in [0.4, 0.5) is 5.82 Å². The van der Waals surface area contributed by atoms with Crippen molar-refractivity contribution in [1.29, 1.82) is 0 Å². The molecular formula is C13H18N4O2. The Balaban J connectivity index is 1.91. The molecule has 2 aliphatic rings. The molecule has 6 heteroatoms. The van der Waals surface area contributed by atoms with Crippen LogP contribution in [-0.2, 0) is 0 Å². The fourth-order valence-electron chi connectivity index (χ4n) is 3.28. The number of rotatable bonds is 2. The maximum Gasteiger partial charge on any atom is 0.188 e. The first kappa shape index (κ1) is 12.2. The number of aliphatic hydroxyl groups is 1. The van der Waals surface area contributed by atoms with Gasteiger partial charge in [-0.3, -0.25) is 0 Å². The lowest BCUT2D eigenvalue weighted by atomic mass is 10.00. The Kier molecular flexibility index (Phi) is 3.02. The fourth-order valence-corrected chi connectivity index (χ4v) is 3.28. The third-order valence-corrected chi connectivity index (χ3v) is 4.08. The quantitative estimate of drug-likeness (QED) is 0.315. The Morgan fingerprint density at radius 1 is 1.32 bits per heavy atom. The van der Waals surface area contributed by atoms with E-state index in [2.05, 4.69) is 15.0 Å². The van der Waals surface area contributed by atoms with Gasteiger partial charge in [-0.1, -0.05) is 11.2 Å². The molecule has 0 aromatic carbocycles. The van der Waals surface area contributed by atoms with Crippen LogP contribution in [0.25, 0.3) is 0 Å². The predicted octanol–water partition coefficient (Wildman–Crippen LogP) is 0.668. The van der Waals surface area contributed by atoms with Gasteiger partial charge in [0.25, 0.3) is 0 Å². The van der Waals surface area contributed by atoms with E-state index in [0.717, 1.165) is 31.5 Å². The molecule has 19 heavy (non-hydrogen) atoms. The van der Waals surface area contributed by atoms with E-state index in [1.54, 1.807) is 6.07 Å². The molecule has 2 aliphatic heterocycles. The molecule has 0 saturated carbocycles. The van der Waals surface area contributed by atoms with Crippen molar-refractivity contribution in [2.24, 2.45) is 10.9 Å². The normalized spacial score (nSPS) is 30.7. The number of amidine groups is 1. The van der Waals surface area contributed by atoms with Gasteiger partial charge in [0.1, 0.15) is 11.5 Å². The summed E-state index contributed by atoms with van der Waals surface area (Å²) in [6, 6.07) is 6.23. The minimum absolute atomic E-state index is 0.0197. The molecule has 102 valence electrons. The number of pyridine rings is 1. The van der Waals surface area contributed by atoms with Crippen molar-refractivity contribution in [1.82, 2.24) is 4.98 Å². The van der Waals surface area contributed by atoms with E-state index in [0.29, 0.717) is 17.8 Å². The van der Waals surface area contributed by atoms with E-state index in [1.807, 2.05) is 12.1 Å². The van der Waals surface area contributed by atoms with E-state index < -0.39 is 0 Å². The number of piperidine rings is 1. The largest absolute Gasteiger partial charge is 0.409 e. The number of fused-ring (bicyclic) bond motifs is 2. The minimum atomic E-state index is -0.194. The number of hydrogen-bond donors (Lipinski definition) is 3. The van der Waals surface area contributed by atoms with Crippen molar-refractivity contribution in [2.45, 2.75) is 43.9 Å². The molecule has 3 heterocycles. The molecule has 0 aliphatic carbocycles. The van der Waals surface area contributed by atoms with Gasteiger partial charge in [0, 0.05) is 12.1 Å². The Morgan fingerprint density at radius 3 is 2.63 bits per heavy atom. The van der Waals surface area contributed by atoms with Crippen LogP contribution in [0.2, 0.25) is 0 Å². The second-order valence-corrected chi connectivity index (χ2v) is 5.28. The van der Waals surface area contributed by atoms with Crippen molar-refractivity contribution in [3.63, 3.8) is 0 Å². The van der Waals surface area contributed by atoms with E-state index in [1.165, 1.54) is 0 Å². The van der Waals surface area contributed by atoms with Crippen molar-refractivity contribution in [3.8, 4) is 0 Å². The molecule has 3 rings (SSSR count). The lowest BCUT2D eigenvalue weighted by Gasteiger charge is -2.38. The topological polar surface area (TPSA) is 95.0 Å². The standard InChI is InChI=1S/C13H18N4O2/c14-13(16-19)11-2-1-3-12(15-11)17-8-4-5-9(17)7-10(18)6-8/h1-3,8-10,18-19H,4-7H2,(H2,14,16). The first-order valence-electron chi connectivity index (χ1n) is 6.60. The monoisotopic (exact) mass is 262 g/mol. The second-order valence-electron chi connectivity index (χ2n) is 5.28. The number of nitrogens with two attached hydrogens (primary N) is 1. The van der Waals surface area contributed by atoms with Crippen LogP contribution in [0.1, 0.15) is 31.4 Å². The van der Waals surface area contributed by atoms with Crippen LogP contribution in [0.15, 0.2) is 23.4 Å². The maximum absolute atomic E-state index is 9.82. The Morgan fingerprint density at radius 2 is 2.00 bits per heavy atom. The summed E-state index contributed by atoms with van der Waals surface area (Å²) in [6.07, 6.45) is 3.59. The molecule has 1 aromatic rings. The SMILES string of the molecule is NC(=NO)c1cccc(N2C3CCC2CC(O)C3)n1. The number of aliphatic hydroxyl groups excluding tert-OH is 1. The lowest BCUT2D eigenvalue weighted by molar-refractivity contribution is 0.126. The predicted molar refractivity (Wildman–Crippen MR) is 71.3 cm³/mol. The van der Waals surface area contributed by atoms with Gasteiger partial charge in [-0.15, -0.1) is 0 Å². The molecule has 2 fully saturated rings. The molecular weight excluding hydrogens is 244 g/mol. The molecule has 0 radical (unpaired) electrons. The average Bonchev–Trinajstić information content (AvgIpc) is 2.70. The number of oxime groups is 1. The van der Waals surface area contributed by atoms with Gasteiger partial charge < -0.3 is 20.9 Å². The Labute approximate surface area is 111 Å². The summed E-state index contributed by atoms with van der Waals surface area (Å²) >= 11 is 0. The Bertz CT molecular complexity index is 491. The van der Waals surface area contributed by atoms with Crippen molar-refractivity contribution in [3.05, 3.63) is 23.9 Å². The third-order valence-electron chi connectivity index (χ3n) is 4.08. The van der Waals surface area contributed by atoms with Crippen LogP contribution in [0, 0.1) is 0 Å². The molecule has 4 N–H and O–H groups in total. The molecule has 1 aromatic heterocycles. The van der Waals surface area contributed by atoms with Crippen molar-refractivity contribution < 1.29 is 10.3 Å². The highest BCUT2D eigenvalue weighted by Gasteiger charge is 2.40. The molecule has 0 amide bonds. The highest BCUT2D eigenvalue weighted by molar-refractivity contribution is 5.95. The van der Waals surface area contributed by atoms with Crippen LogP contribution >= 0.6 is 0 Å². The number of nitrogens with zero attached hydrogens (tertiary/aromatic N) is 3. The van der Waals surface area contributed by atoms with Gasteiger partial charge in [-0.25, -0.2) is 4.98 Å². The van der Waals surface area contributed by atoms with Crippen LogP contribution in [0.5, 0.6) is 0 Å². The van der Waals surface area contributed by atoms with Gasteiger partial charge in [-0.2, -0.15) is 0 Å². The van der Waals surface area contributed by atoms with Crippen molar-refractivity contribution in [2.75, 3.05) is 4.90 Å². The highest BCUT2D eigenvalue weighted by Crippen LogP contribution is 2.38. The number of hydrogen-bond acceptors (Lipinski definition) is 5. The van der Waals surface area contributed by atoms with Gasteiger partial charge in [-0.05, 0) is 37.8 Å². The molecule has 2 atom stereocenters. The van der Waals surface area contributed by atoms with Crippen LogP contribution in [0.3, 0.4) is 0 Å². The minimum Gasteiger partial charge on any atom is -0.409 e. The van der Waals surface area contributed by atoms with Crippen LogP contribution in [-0.4, -0.2) is 39.3 Å². The summed E-state index contributed by atoms with van der Waals surface area (Å²) in [5.41, 5.74) is 6.06. The molecule has 2 unspecified atom stereocenters. The van der Waals surface area contributed by atoms with E-state index in [-0.39, 0.29) is 11.9 Å². The first-order chi connectivity index (χ1) is 9.19. The maximum atomic E-state index is 9.82. The van der Waals surface area contributed by atoms with Crippen molar-refractivity contribution >= 4 is 11.7 Å². The second kappa shape index (κ2) is 4.70. The summed E-state index contributed by atoms with van der Waals surface area (Å²) in [4.78, 5) is 6.74. The summed E-state index contributed by atoms with van der Waals surface area (Å²) in [7, 11) is 0. The van der Waals surface area contributed by atoms with E-state index in [4.69, 9.17) is 10.9 Å².